The third-order valence-corrected chi connectivity index (χ3v) is 6.52. The van der Waals surface area contributed by atoms with E-state index in [1.807, 2.05) is 47.8 Å². The Hall–Kier alpha value is -3.10. The van der Waals surface area contributed by atoms with Crippen LogP contribution in [0.1, 0.15) is 0 Å². The first-order valence-corrected chi connectivity index (χ1v) is 11.0. The first-order chi connectivity index (χ1) is 14.6. The molecule has 2 aromatic heterocycles. The summed E-state index contributed by atoms with van der Waals surface area (Å²) in [5, 5.41) is 5.30. The smallest absolute Gasteiger partial charge is 0.271 e. The number of hydrogen-bond donors (Lipinski definition) is 1. The molecule has 0 saturated carbocycles. The summed E-state index contributed by atoms with van der Waals surface area (Å²) >= 11 is 2.63. The van der Waals surface area contributed by atoms with Gasteiger partial charge in [-0.3, -0.25) is 14.2 Å². The fourth-order valence-electron chi connectivity index (χ4n) is 3.00. The molecule has 0 spiro atoms. The summed E-state index contributed by atoms with van der Waals surface area (Å²) in [6, 6.07) is 17.0. The summed E-state index contributed by atoms with van der Waals surface area (Å²) < 4.78 is 7.28. The molecule has 0 aliphatic carbocycles. The van der Waals surface area contributed by atoms with Gasteiger partial charge in [-0.05, 0) is 17.7 Å². The van der Waals surface area contributed by atoms with E-state index >= 15 is 0 Å². The Balaban J connectivity index is 1.57. The van der Waals surface area contributed by atoms with Gasteiger partial charge < -0.3 is 10.1 Å². The van der Waals surface area contributed by atoms with E-state index in [-0.39, 0.29) is 17.2 Å². The van der Waals surface area contributed by atoms with Gasteiger partial charge in [0.15, 0.2) is 5.16 Å². The molecule has 0 aliphatic heterocycles. The number of thiophene rings is 1. The lowest BCUT2D eigenvalue weighted by atomic mass is 10.1. The highest BCUT2D eigenvalue weighted by atomic mass is 32.2. The van der Waals surface area contributed by atoms with Crippen LogP contribution in [-0.4, -0.2) is 28.3 Å². The van der Waals surface area contributed by atoms with Crippen molar-refractivity contribution in [2.75, 3.05) is 18.2 Å². The fourth-order valence-corrected chi connectivity index (χ4v) is 4.76. The van der Waals surface area contributed by atoms with E-state index in [2.05, 4.69) is 5.32 Å². The number of nitrogens with one attached hydrogen (secondary N) is 1. The monoisotopic (exact) mass is 437 g/mol. The van der Waals surface area contributed by atoms with Crippen molar-refractivity contribution in [2.45, 2.75) is 5.16 Å². The Bertz CT molecular complexity index is 1270. The average Bonchev–Trinajstić information content (AvgIpc) is 3.20. The largest absolute Gasteiger partial charge is 0.497 e. The van der Waals surface area contributed by atoms with Crippen molar-refractivity contribution in [3.8, 4) is 16.9 Å². The predicted molar refractivity (Wildman–Crippen MR) is 123 cm³/mol. The molecule has 0 bridgehead atoms. The zero-order chi connectivity index (χ0) is 21.1. The lowest BCUT2D eigenvalue weighted by Gasteiger charge is -2.09. The second kappa shape index (κ2) is 8.73. The van der Waals surface area contributed by atoms with Gasteiger partial charge in [-0.15, -0.1) is 11.3 Å². The molecule has 1 amide bonds. The van der Waals surface area contributed by atoms with Crippen molar-refractivity contribution in [3.05, 3.63) is 70.3 Å². The molecule has 0 fully saturated rings. The minimum absolute atomic E-state index is 0.108. The Morgan fingerprint density at radius 3 is 2.77 bits per heavy atom. The number of carbonyl (C=O) groups excluding carboxylic acids is 1. The molecule has 152 valence electrons. The number of hydrogen-bond acceptors (Lipinski definition) is 6. The lowest BCUT2D eigenvalue weighted by Crippen LogP contribution is -2.20. The summed E-state index contributed by atoms with van der Waals surface area (Å²) in [6.07, 6.45) is 0. The van der Waals surface area contributed by atoms with Crippen LogP contribution in [0.5, 0.6) is 5.75 Å². The Kier molecular flexibility index (Phi) is 5.87. The lowest BCUT2D eigenvalue weighted by molar-refractivity contribution is -0.113. The second-order valence-corrected chi connectivity index (χ2v) is 8.34. The number of ether oxygens (including phenoxy) is 1. The van der Waals surface area contributed by atoms with Crippen LogP contribution in [-0.2, 0) is 11.8 Å². The van der Waals surface area contributed by atoms with Gasteiger partial charge in [0, 0.05) is 29.7 Å². The maximum Gasteiger partial charge on any atom is 0.271 e. The normalized spacial score (nSPS) is 10.9. The van der Waals surface area contributed by atoms with Gasteiger partial charge in [-0.1, -0.05) is 48.2 Å². The number of benzene rings is 2. The molecule has 0 aliphatic rings. The number of nitrogens with zero attached hydrogens (tertiary/aromatic N) is 2. The Labute approximate surface area is 181 Å². The van der Waals surface area contributed by atoms with Gasteiger partial charge in [0.25, 0.3) is 5.56 Å². The van der Waals surface area contributed by atoms with Crippen molar-refractivity contribution in [1.82, 2.24) is 9.55 Å². The van der Waals surface area contributed by atoms with Gasteiger partial charge in [0.1, 0.15) is 10.4 Å². The van der Waals surface area contributed by atoms with Crippen molar-refractivity contribution < 1.29 is 9.53 Å². The van der Waals surface area contributed by atoms with Crippen molar-refractivity contribution in [3.63, 3.8) is 0 Å². The summed E-state index contributed by atoms with van der Waals surface area (Å²) in [6.45, 7) is 0. The van der Waals surface area contributed by atoms with Gasteiger partial charge in [-0.2, -0.15) is 0 Å². The standard InChI is InChI=1S/C22H19N3O3S2/c1-25-21(27)20-19(17(12-29-20)14-7-4-3-5-8-14)24-22(25)30-13-18(26)23-15-9-6-10-16(11-15)28-2/h3-12H,13H2,1-2H3,(H,23,26). The van der Waals surface area contributed by atoms with Crippen molar-refractivity contribution in [1.29, 1.82) is 0 Å². The molecule has 8 heteroatoms. The maximum atomic E-state index is 12.8. The van der Waals surface area contributed by atoms with Crippen LogP contribution in [0.15, 0.2) is 69.9 Å². The number of fused-ring (bicyclic) bond motifs is 1. The zero-order valence-corrected chi connectivity index (χ0v) is 18.0. The highest BCUT2D eigenvalue weighted by Crippen LogP contribution is 2.32. The molecule has 30 heavy (non-hydrogen) atoms. The zero-order valence-electron chi connectivity index (χ0n) is 16.4. The third-order valence-electron chi connectivity index (χ3n) is 4.53. The average molecular weight is 438 g/mol. The van der Waals surface area contributed by atoms with Gasteiger partial charge in [-0.25, -0.2) is 4.98 Å². The number of anilines is 1. The van der Waals surface area contributed by atoms with E-state index in [1.165, 1.54) is 27.7 Å². The molecule has 4 aromatic rings. The van der Waals surface area contributed by atoms with Crippen LogP contribution in [0.4, 0.5) is 5.69 Å². The van der Waals surface area contributed by atoms with E-state index in [0.717, 1.165) is 11.1 Å². The highest BCUT2D eigenvalue weighted by Gasteiger charge is 2.16. The molecule has 0 unspecified atom stereocenters. The maximum absolute atomic E-state index is 12.8. The molecular formula is C22H19N3O3S2. The van der Waals surface area contributed by atoms with E-state index in [0.29, 0.717) is 26.8 Å². The first-order valence-electron chi connectivity index (χ1n) is 9.17. The molecule has 2 aromatic carbocycles. The van der Waals surface area contributed by atoms with E-state index in [9.17, 15) is 9.59 Å². The number of thioether (sulfide) groups is 1. The molecule has 0 saturated heterocycles. The van der Waals surface area contributed by atoms with E-state index < -0.39 is 0 Å². The summed E-state index contributed by atoms with van der Waals surface area (Å²) in [5.41, 5.74) is 3.15. The van der Waals surface area contributed by atoms with Crippen molar-refractivity contribution >= 4 is 44.9 Å². The van der Waals surface area contributed by atoms with Crippen LogP contribution < -0.4 is 15.6 Å². The van der Waals surface area contributed by atoms with E-state index in [1.54, 1.807) is 26.3 Å². The molecule has 2 heterocycles. The van der Waals surface area contributed by atoms with E-state index in [4.69, 9.17) is 9.72 Å². The second-order valence-electron chi connectivity index (χ2n) is 6.52. The summed E-state index contributed by atoms with van der Waals surface area (Å²) in [5.74, 6) is 0.616. The quantitative estimate of drug-likeness (QED) is 0.357. The molecule has 4 rings (SSSR count). The number of aromatic nitrogens is 2. The number of carbonyl (C=O) groups is 1. The SMILES string of the molecule is COc1cccc(NC(=O)CSc2nc3c(-c4ccccc4)csc3c(=O)n2C)c1. The molecule has 6 nitrogen and oxygen atoms in total. The first kappa shape index (κ1) is 20.2. The topological polar surface area (TPSA) is 73.2 Å². The molecular weight excluding hydrogens is 418 g/mol. The Morgan fingerprint density at radius 1 is 1.20 bits per heavy atom. The van der Waals surface area contributed by atoms with Gasteiger partial charge >= 0.3 is 0 Å². The highest BCUT2D eigenvalue weighted by molar-refractivity contribution is 7.99. The number of methoxy groups -OCH3 is 1. The minimum atomic E-state index is -0.184. The van der Waals surface area contributed by atoms with Crippen LogP contribution in [0, 0.1) is 0 Å². The van der Waals surface area contributed by atoms with Gasteiger partial charge in [0.05, 0.1) is 18.4 Å². The summed E-state index contributed by atoms with van der Waals surface area (Å²) in [7, 11) is 3.26. The molecule has 1 N–H and O–H groups in total. The van der Waals surface area contributed by atoms with Gasteiger partial charge in [0.2, 0.25) is 5.91 Å². The van der Waals surface area contributed by atoms with Crippen LogP contribution in [0.2, 0.25) is 0 Å². The summed E-state index contributed by atoms with van der Waals surface area (Å²) in [4.78, 5) is 29.9. The van der Waals surface area contributed by atoms with Crippen LogP contribution >= 0.6 is 23.1 Å². The van der Waals surface area contributed by atoms with Crippen molar-refractivity contribution in [2.24, 2.45) is 7.05 Å². The molecule has 0 atom stereocenters. The Morgan fingerprint density at radius 2 is 2.00 bits per heavy atom. The number of amides is 1. The fraction of sp³-hybridized carbons (Fsp3) is 0.136. The number of rotatable bonds is 6. The van der Waals surface area contributed by atoms with Crippen LogP contribution in [0.3, 0.4) is 0 Å². The molecule has 0 radical (unpaired) electrons. The third kappa shape index (κ3) is 4.10. The minimum Gasteiger partial charge on any atom is -0.497 e. The predicted octanol–water partition coefficient (Wildman–Crippen LogP) is 4.40. The van der Waals surface area contributed by atoms with Crippen LogP contribution in [0.25, 0.3) is 21.3 Å².